The molecule has 0 saturated heterocycles. The number of nitro groups is 1. The fourth-order valence-corrected chi connectivity index (χ4v) is 3.64. The van der Waals surface area contributed by atoms with E-state index in [0.29, 0.717) is 5.56 Å². The summed E-state index contributed by atoms with van der Waals surface area (Å²) in [5.74, 6) is -0.106. The van der Waals surface area contributed by atoms with E-state index < -0.39 is 11.1 Å². The van der Waals surface area contributed by atoms with Crippen molar-refractivity contribution in [3.8, 4) is 0 Å². The second-order valence-corrected chi connectivity index (χ2v) is 7.03. The number of aryl methyl sites for hydroxylation is 1. The van der Waals surface area contributed by atoms with Crippen molar-refractivity contribution in [2.75, 3.05) is 10.2 Å². The number of nitro benzene ring substituents is 1. The molecule has 1 aliphatic rings. The third kappa shape index (κ3) is 3.57. The lowest BCUT2D eigenvalue weighted by atomic mass is 10.0. The number of amides is 1. The van der Waals surface area contributed by atoms with E-state index in [1.54, 1.807) is 23.1 Å². The highest BCUT2D eigenvalue weighted by atomic mass is 16.6. The molecule has 0 fully saturated rings. The summed E-state index contributed by atoms with van der Waals surface area (Å²) in [7, 11) is 0. The quantitative estimate of drug-likeness (QED) is 0.475. The Morgan fingerprint density at radius 2 is 1.69 bits per heavy atom. The van der Waals surface area contributed by atoms with Crippen molar-refractivity contribution in [1.29, 1.82) is 0 Å². The van der Waals surface area contributed by atoms with Crippen molar-refractivity contribution >= 4 is 23.0 Å². The molecule has 6 nitrogen and oxygen atoms in total. The molecule has 0 bridgehead atoms. The Morgan fingerprint density at radius 1 is 1.00 bits per heavy atom. The maximum atomic E-state index is 13.4. The number of hydrogen-bond acceptors (Lipinski definition) is 4. The number of fused-ring (bicyclic) bond motifs is 1. The number of benzene rings is 3. The van der Waals surface area contributed by atoms with Gasteiger partial charge in [0.15, 0.2) is 0 Å². The topological polar surface area (TPSA) is 75.5 Å². The molecule has 0 saturated carbocycles. The number of non-ortho nitro benzene ring substituents is 1. The molecule has 0 aromatic heterocycles. The number of nitrogens with zero attached hydrogens (tertiary/aromatic N) is 2. The van der Waals surface area contributed by atoms with Crippen LogP contribution in [0.5, 0.6) is 0 Å². The zero-order valence-corrected chi connectivity index (χ0v) is 16.0. The summed E-state index contributed by atoms with van der Waals surface area (Å²) in [6.07, 6.45) is 1.58. The molecule has 146 valence electrons. The Hall–Kier alpha value is -3.67. The Bertz CT molecular complexity index is 1050. The molecule has 1 unspecified atom stereocenters. The highest BCUT2D eigenvalue weighted by molar-refractivity contribution is 6.12. The van der Waals surface area contributed by atoms with Gasteiger partial charge in [0.1, 0.15) is 6.17 Å². The van der Waals surface area contributed by atoms with Crippen molar-refractivity contribution in [3.63, 3.8) is 0 Å². The number of rotatable bonds is 5. The number of nitrogens with one attached hydrogen (secondary N) is 1. The lowest BCUT2D eigenvalue weighted by Crippen LogP contribution is -2.43. The van der Waals surface area contributed by atoms with Crippen LogP contribution < -0.4 is 10.2 Å². The van der Waals surface area contributed by atoms with Crippen molar-refractivity contribution < 1.29 is 9.72 Å². The van der Waals surface area contributed by atoms with Crippen LogP contribution in [0.1, 0.15) is 41.0 Å². The van der Waals surface area contributed by atoms with Crippen LogP contribution >= 0.6 is 0 Å². The predicted octanol–water partition coefficient (Wildman–Crippen LogP) is 5.32. The molecule has 0 radical (unpaired) electrons. The molecule has 29 heavy (non-hydrogen) atoms. The van der Waals surface area contributed by atoms with Gasteiger partial charge in [0.2, 0.25) is 0 Å². The standard InChI is InChI=1S/C23H21N3O3/c1-2-5-16-8-12-18(13-9-16)25-22(17-10-14-19(15-11-17)26(28)29)24-21-7-4-3-6-20(21)23(25)27/h3-4,6-15,22,24H,2,5H2,1H3. The minimum Gasteiger partial charge on any atom is -0.360 e. The van der Waals surface area contributed by atoms with Crippen molar-refractivity contribution in [2.24, 2.45) is 0 Å². The summed E-state index contributed by atoms with van der Waals surface area (Å²) in [5, 5.41) is 14.4. The van der Waals surface area contributed by atoms with Gasteiger partial charge in [0, 0.05) is 23.5 Å². The van der Waals surface area contributed by atoms with Crippen LogP contribution in [0.4, 0.5) is 17.1 Å². The molecule has 0 aliphatic carbocycles. The molecule has 6 heteroatoms. The van der Waals surface area contributed by atoms with Crippen molar-refractivity contribution in [2.45, 2.75) is 25.9 Å². The molecular formula is C23H21N3O3. The Balaban J connectivity index is 1.77. The molecule has 3 aromatic rings. The maximum absolute atomic E-state index is 13.4. The molecule has 1 heterocycles. The number of carbonyl (C=O) groups excluding carboxylic acids is 1. The van der Waals surface area contributed by atoms with Crippen LogP contribution in [0.2, 0.25) is 0 Å². The SMILES string of the molecule is CCCc1ccc(N2C(=O)c3ccccc3NC2c2ccc([N+](=O)[O-])cc2)cc1. The van der Waals surface area contributed by atoms with E-state index in [1.165, 1.54) is 17.7 Å². The minimum atomic E-state index is -0.463. The van der Waals surface area contributed by atoms with E-state index in [1.807, 2.05) is 42.5 Å². The summed E-state index contributed by atoms with van der Waals surface area (Å²) >= 11 is 0. The van der Waals surface area contributed by atoms with Gasteiger partial charge in [-0.3, -0.25) is 19.8 Å². The molecule has 1 amide bonds. The lowest BCUT2D eigenvalue weighted by molar-refractivity contribution is -0.384. The van der Waals surface area contributed by atoms with E-state index in [0.717, 1.165) is 29.8 Å². The van der Waals surface area contributed by atoms with Gasteiger partial charge in [-0.1, -0.05) is 37.6 Å². The van der Waals surface area contributed by atoms with Gasteiger partial charge in [-0.25, -0.2) is 0 Å². The average Bonchev–Trinajstić information content (AvgIpc) is 2.75. The van der Waals surface area contributed by atoms with Crippen LogP contribution in [0.15, 0.2) is 72.8 Å². The van der Waals surface area contributed by atoms with Crippen LogP contribution in [0.3, 0.4) is 0 Å². The molecule has 1 aliphatic heterocycles. The zero-order chi connectivity index (χ0) is 20.4. The number of anilines is 2. The number of carbonyl (C=O) groups is 1. The first-order valence-electron chi connectivity index (χ1n) is 9.61. The van der Waals surface area contributed by atoms with E-state index in [-0.39, 0.29) is 11.6 Å². The van der Waals surface area contributed by atoms with Crippen molar-refractivity contribution in [1.82, 2.24) is 0 Å². The molecule has 1 atom stereocenters. The Kier molecular flexibility index (Phi) is 4.99. The monoisotopic (exact) mass is 387 g/mol. The largest absolute Gasteiger partial charge is 0.360 e. The van der Waals surface area contributed by atoms with E-state index in [2.05, 4.69) is 12.2 Å². The summed E-state index contributed by atoms with van der Waals surface area (Å²) in [6, 6.07) is 21.7. The van der Waals surface area contributed by atoms with E-state index in [4.69, 9.17) is 0 Å². The zero-order valence-electron chi connectivity index (χ0n) is 16.0. The highest BCUT2D eigenvalue weighted by Crippen LogP contribution is 2.37. The minimum absolute atomic E-state index is 0.0201. The van der Waals surface area contributed by atoms with Gasteiger partial charge in [0.25, 0.3) is 11.6 Å². The molecular weight excluding hydrogens is 366 g/mol. The fourth-order valence-electron chi connectivity index (χ4n) is 3.64. The predicted molar refractivity (Wildman–Crippen MR) is 113 cm³/mol. The average molecular weight is 387 g/mol. The van der Waals surface area contributed by atoms with Gasteiger partial charge in [0.05, 0.1) is 10.5 Å². The van der Waals surface area contributed by atoms with Gasteiger partial charge >= 0.3 is 0 Å². The van der Waals surface area contributed by atoms with E-state index in [9.17, 15) is 14.9 Å². The molecule has 4 rings (SSSR count). The third-order valence-corrected chi connectivity index (χ3v) is 5.10. The summed E-state index contributed by atoms with van der Waals surface area (Å²) in [4.78, 5) is 25.6. The summed E-state index contributed by atoms with van der Waals surface area (Å²) < 4.78 is 0. The maximum Gasteiger partial charge on any atom is 0.269 e. The van der Waals surface area contributed by atoms with Gasteiger partial charge in [-0.15, -0.1) is 0 Å². The first-order chi connectivity index (χ1) is 14.1. The first-order valence-corrected chi connectivity index (χ1v) is 9.61. The number of para-hydroxylation sites is 1. The summed E-state index contributed by atoms with van der Waals surface area (Å²) in [5.41, 5.74) is 4.15. The first kappa shape index (κ1) is 18.7. The Morgan fingerprint density at radius 3 is 2.34 bits per heavy atom. The Labute approximate surface area is 168 Å². The molecule has 0 spiro atoms. The second-order valence-electron chi connectivity index (χ2n) is 7.03. The number of hydrogen-bond donors (Lipinski definition) is 1. The van der Waals surface area contributed by atoms with Crippen LogP contribution in [-0.4, -0.2) is 10.8 Å². The van der Waals surface area contributed by atoms with Gasteiger partial charge < -0.3 is 5.32 Å². The van der Waals surface area contributed by atoms with E-state index >= 15 is 0 Å². The molecule has 1 N–H and O–H groups in total. The lowest BCUT2D eigenvalue weighted by Gasteiger charge is -2.38. The van der Waals surface area contributed by atoms with Crippen LogP contribution in [0, 0.1) is 10.1 Å². The van der Waals surface area contributed by atoms with Crippen molar-refractivity contribution in [3.05, 3.63) is 99.6 Å². The van der Waals surface area contributed by atoms with Crippen LogP contribution in [-0.2, 0) is 6.42 Å². The van der Waals surface area contributed by atoms with Gasteiger partial charge in [-0.2, -0.15) is 0 Å². The van der Waals surface area contributed by atoms with Gasteiger partial charge in [-0.05, 0) is 53.9 Å². The smallest absolute Gasteiger partial charge is 0.269 e. The highest BCUT2D eigenvalue weighted by Gasteiger charge is 2.34. The second kappa shape index (κ2) is 7.75. The third-order valence-electron chi connectivity index (χ3n) is 5.10. The fraction of sp³-hybridized carbons (Fsp3) is 0.174. The van der Waals surface area contributed by atoms with Crippen LogP contribution in [0.25, 0.3) is 0 Å². The molecule has 3 aromatic carbocycles. The summed E-state index contributed by atoms with van der Waals surface area (Å²) in [6.45, 7) is 2.13. The normalized spacial score (nSPS) is 15.6.